The van der Waals surface area contributed by atoms with E-state index in [0.29, 0.717) is 17.5 Å². The lowest BCUT2D eigenvalue weighted by Gasteiger charge is -2.52. The van der Waals surface area contributed by atoms with E-state index < -0.39 is 64.4 Å². The molecular weight excluding hydrogens is 480 g/mol. The van der Waals surface area contributed by atoms with Crippen molar-refractivity contribution in [2.24, 2.45) is 35.3 Å². The largest absolute Gasteiger partial charge is 0.507 e. The highest BCUT2D eigenvalue weighted by atomic mass is 16.3. The van der Waals surface area contributed by atoms with Gasteiger partial charge in [-0.05, 0) is 56.5 Å². The molecule has 4 N–H and O–H groups in total. The molecule has 0 aromatic heterocycles. The van der Waals surface area contributed by atoms with Crippen LogP contribution in [0.5, 0.6) is 5.75 Å². The van der Waals surface area contributed by atoms with E-state index in [0.717, 1.165) is 0 Å². The van der Waals surface area contributed by atoms with Gasteiger partial charge < -0.3 is 15.9 Å². The van der Waals surface area contributed by atoms with E-state index in [1.165, 1.54) is 25.1 Å². The highest BCUT2D eigenvalue weighted by Crippen LogP contribution is 2.51. The van der Waals surface area contributed by atoms with Crippen molar-refractivity contribution in [1.82, 2.24) is 4.90 Å². The number of nitrogens with two attached hydrogens (primary N) is 1. The van der Waals surface area contributed by atoms with Crippen LogP contribution in [0.15, 0.2) is 12.1 Å². The number of hydrogen-bond donors (Lipinski definition) is 3. The SMILES string of the molecule is CC(C)C(=O)CCc1ccc(O)c2c1C[C@@H]1C[C@@H]3[C@@H](N(C)C)C(=O)C(C(N)=O)C(=O)[C@]3(O)C(=O)C1C2=O. The minimum absolute atomic E-state index is 0.0100. The number of likely N-dealkylation sites (N-methyl/N-ethyl adjacent to an activating group) is 1. The number of primary amides is 1. The zero-order chi connectivity index (χ0) is 27.6. The van der Waals surface area contributed by atoms with Gasteiger partial charge in [0, 0.05) is 18.3 Å². The van der Waals surface area contributed by atoms with Crippen LogP contribution >= 0.6 is 0 Å². The summed E-state index contributed by atoms with van der Waals surface area (Å²) >= 11 is 0. The van der Waals surface area contributed by atoms with Crippen molar-refractivity contribution >= 4 is 34.8 Å². The Hall–Kier alpha value is -3.24. The maximum atomic E-state index is 13.8. The lowest BCUT2D eigenvalue weighted by molar-refractivity contribution is -0.181. The third-order valence-electron chi connectivity index (χ3n) is 8.33. The van der Waals surface area contributed by atoms with Crippen LogP contribution < -0.4 is 5.73 Å². The number of aliphatic hydroxyl groups is 1. The summed E-state index contributed by atoms with van der Waals surface area (Å²) in [4.78, 5) is 79.5. The quantitative estimate of drug-likeness (QED) is 0.444. The van der Waals surface area contributed by atoms with Gasteiger partial charge in [-0.25, -0.2) is 0 Å². The molecule has 10 nitrogen and oxygen atoms in total. The first-order chi connectivity index (χ1) is 17.2. The highest BCUT2D eigenvalue weighted by molar-refractivity contribution is 6.32. The first kappa shape index (κ1) is 26.8. The number of rotatable bonds is 6. The summed E-state index contributed by atoms with van der Waals surface area (Å²) in [5.41, 5.74) is 3.76. The van der Waals surface area contributed by atoms with Crippen molar-refractivity contribution in [3.63, 3.8) is 0 Å². The number of nitrogens with zero attached hydrogens (tertiary/aromatic N) is 1. The smallest absolute Gasteiger partial charge is 0.235 e. The monoisotopic (exact) mass is 512 g/mol. The van der Waals surface area contributed by atoms with Gasteiger partial charge in [-0.2, -0.15) is 0 Å². The molecule has 2 saturated carbocycles. The van der Waals surface area contributed by atoms with Crippen molar-refractivity contribution in [2.75, 3.05) is 14.1 Å². The number of aromatic hydroxyl groups is 1. The standard InChI is InChI=1S/C27H32N2O8/c1-11(2)16(30)7-5-12-6-8-17(31)19-14(12)9-13-10-15-21(29(3)4)23(33)20(26(28)36)25(35)27(15,37)24(34)18(13)22(19)32/h6,8,11,13,15,18,20-21,31,37H,5,7,9-10H2,1-4H3,(H2,28,36)/t13-,15-,18?,20?,21-,27-/m1/s1. The average molecular weight is 513 g/mol. The molecule has 0 bridgehead atoms. The van der Waals surface area contributed by atoms with Gasteiger partial charge in [-0.1, -0.05) is 19.9 Å². The number of fused-ring (bicyclic) bond motifs is 3. The van der Waals surface area contributed by atoms with Crippen LogP contribution in [0.1, 0.15) is 48.2 Å². The van der Waals surface area contributed by atoms with E-state index in [4.69, 9.17) is 5.73 Å². The summed E-state index contributed by atoms with van der Waals surface area (Å²) in [6.45, 7) is 3.60. The second-order valence-electron chi connectivity index (χ2n) is 11.0. The molecule has 4 rings (SSSR count). The molecular formula is C27H32N2O8. The second-order valence-corrected chi connectivity index (χ2v) is 11.0. The Balaban J connectivity index is 1.80. The van der Waals surface area contributed by atoms with Crippen molar-refractivity contribution in [2.45, 2.75) is 51.2 Å². The highest BCUT2D eigenvalue weighted by Gasteiger charge is 2.69. The lowest BCUT2D eigenvalue weighted by Crippen LogP contribution is -2.74. The van der Waals surface area contributed by atoms with Crippen molar-refractivity contribution < 1.29 is 39.0 Å². The van der Waals surface area contributed by atoms with E-state index in [-0.39, 0.29) is 42.3 Å². The van der Waals surface area contributed by atoms with Crippen LogP contribution in [-0.4, -0.2) is 75.7 Å². The van der Waals surface area contributed by atoms with Crippen LogP contribution in [-0.2, 0) is 36.8 Å². The predicted octanol–water partition coefficient (Wildman–Crippen LogP) is 0.0247. The fourth-order valence-corrected chi connectivity index (χ4v) is 6.45. The number of ketones is 5. The average Bonchev–Trinajstić information content (AvgIpc) is 2.80. The van der Waals surface area contributed by atoms with Crippen molar-refractivity contribution in [3.8, 4) is 5.75 Å². The number of phenols is 1. The summed E-state index contributed by atoms with van der Waals surface area (Å²) in [5.74, 6) is -10.8. The zero-order valence-corrected chi connectivity index (χ0v) is 21.3. The van der Waals surface area contributed by atoms with Crippen LogP contribution in [0, 0.1) is 29.6 Å². The molecule has 1 aromatic carbocycles. The zero-order valence-electron chi connectivity index (χ0n) is 21.3. The Kier molecular flexibility index (Phi) is 6.71. The van der Waals surface area contributed by atoms with Gasteiger partial charge in [0.15, 0.2) is 34.7 Å². The molecule has 10 heteroatoms. The third-order valence-corrected chi connectivity index (χ3v) is 8.33. The van der Waals surface area contributed by atoms with E-state index in [2.05, 4.69) is 0 Å². The van der Waals surface area contributed by atoms with Gasteiger partial charge >= 0.3 is 0 Å². The summed E-state index contributed by atoms with van der Waals surface area (Å²) in [5, 5.41) is 22.1. The van der Waals surface area contributed by atoms with Gasteiger partial charge in [-0.15, -0.1) is 0 Å². The molecule has 2 unspecified atom stereocenters. The predicted molar refractivity (Wildman–Crippen MR) is 130 cm³/mol. The van der Waals surface area contributed by atoms with Gasteiger partial charge in [0.1, 0.15) is 11.5 Å². The molecule has 0 saturated heterocycles. The first-order valence-electron chi connectivity index (χ1n) is 12.4. The molecule has 3 aliphatic rings. The summed E-state index contributed by atoms with van der Waals surface area (Å²) < 4.78 is 0. The number of benzene rings is 1. The molecule has 1 amide bonds. The normalized spacial score (nSPS) is 31.3. The summed E-state index contributed by atoms with van der Waals surface area (Å²) in [6, 6.07) is 1.85. The van der Waals surface area contributed by atoms with E-state index in [9.17, 15) is 39.0 Å². The molecule has 198 valence electrons. The lowest BCUT2D eigenvalue weighted by atomic mass is 9.52. The number of aryl methyl sites for hydroxylation is 1. The Bertz CT molecular complexity index is 1240. The number of phenolic OH excluding ortho intramolecular Hbond substituents is 1. The molecule has 37 heavy (non-hydrogen) atoms. The first-order valence-corrected chi connectivity index (χ1v) is 12.4. The summed E-state index contributed by atoms with van der Waals surface area (Å²) in [7, 11) is 3.08. The fourth-order valence-electron chi connectivity index (χ4n) is 6.45. The third kappa shape index (κ3) is 3.93. The second kappa shape index (κ2) is 9.25. The molecule has 0 aliphatic heterocycles. The minimum Gasteiger partial charge on any atom is -0.507 e. The van der Waals surface area contributed by atoms with E-state index >= 15 is 0 Å². The maximum Gasteiger partial charge on any atom is 0.235 e. The Morgan fingerprint density at radius 2 is 1.78 bits per heavy atom. The summed E-state index contributed by atoms with van der Waals surface area (Å²) in [6.07, 6.45) is 0.775. The molecule has 0 spiro atoms. The van der Waals surface area contributed by atoms with Gasteiger partial charge in [0.2, 0.25) is 5.91 Å². The van der Waals surface area contributed by atoms with E-state index in [1.54, 1.807) is 19.9 Å². The van der Waals surface area contributed by atoms with Gasteiger partial charge in [0.25, 0.3) is 0 Å². The Morgan fingerprint density at radius 3 is 2.35 bits per heavy atom. The Labute approximate surface area is 214 Å². The van der Waals surface area contributed by atoms with Gasteiger partial charge in [0.05, 0.1) is 17.5 Å². The molecule has 1 aromatic rings. The molecule has 3 aliphatic carbocycles. The fraction of sp³-hybridized carbons (Fsp3) is 0.556. The van der Waals surface area contributed by atoms with Crippen molar-refractivity contribution in [3.05, 3.63) is 28.8 Å². The van der Waals surface area contributed by atoms with E-state index in [1.807, 2.05) is 0 Å². The number of carbonyl (C=O) groups is 6. The van der Waals surface area contributed by atoms with Gasteiger partial charge in [-0.3, -0.25) is 33.7 Å². The number of amides is 1. The number of Topliss-reactive ketones (excluding diaryl/α,β-unsaturated/α-hetero) is 5. The van der Waals surface area contributed by atoms with Crippen LogP contribution in [0.4, 0.5) is 0 Å². The topological polar surface area (TPSA) is 172 Å². The molecule has 2 fully saturated rings. The maximum absolute atomic E-state index is 13.8. The Morgan fingerprint density at radius 1 is 1.14 bits per heavy atom. The molecule has 0 heterocycles. The van der Waals surface area contributed by atoms with Crippen LogP contribution in [0.2, 0.25) is 0 Å². The number of hydrogen-bond acceptors (Lipinski definition) is 9. The molecule has 0 radical (unpaired) electrons. The van der Waals surface area contributed by atoms with Crippen molar-refractivity contribution in [1.29, 1.82) is 0 Å². The van der Waals surface area contributed by atoms with Crippen LogP contribution in [0.3, 0.4) is 0 Å². The van der Waals surface area contributed by atoms with Crippen LogP contribution in [0.25, 0.3) is 0 Å². The molecule has 6 atom stereocenters. The minimum atomic E-state index is -2.74. The number of carbonyl (C=O) groups excluding carboxylic acids is 6.